The van der Waals surface area contributed by atoms with Crippen LogP contribution in [0.5, 0.6) is 0 Å². The molecule has 3 heteroatoms. The van der Waals surface area contributed by atoms with E-state index >= 15 is 0 Å². The number of aromatic nitrogens is 1. The molecule has 0 spiro atoms. The van der Waals surface area contributed by atoms with Crippen LogP contribution < -0.4 is 0 Å². The van der Waals surface area contributed by atoms with Gasteiger partial charge in [-0.1, -0.05) is 90.6 Å². The van der Waals surface area contributed by atoms with Gasteiger partial charge in [0.1, 0.15) is 0 Å². The second kappa shape index (κ2) is 7.54. The van der Waals surface area contributed by atoms with E-state index in [-0.39, 0.29) is 5.78 Å². The van der Waals surface area contributed by atoms with Crippen molar-refractivity contribution in [3.8, 4) is 11.1 Å². The largest absolute Gasteiger partial charge is 0.293 e. The molecule has 0 fully saturated rings. The Balaban J connectivity index is 1.44. The Kier molecular flexibility index (Phi) is 4.80. The first-order valence-electron chi connectivity index (χ1n) is 8.47. The highest BCUT2D eigenvalue weighted by molar-refractivity contribution is 7.99. The van der Waals surface area contributed by atoms with E-state index in [0.29, 0.717) is 5.75 Å². The third-order valence-corrected chi connectivity index (χ3v) is 5.17. The molecular formula is C23H17NOS. The molecule has 0 amide bonds. The van der Waals surface area contributed by atoms with Crippen molar-refractivity contribution in [2.45, 2.75) is 5.03 Å². The van der Waals surface area contributed by atoms with Gasteiger partial charge in [0, 0.05) is 10.9 Å². The van der Waals surface area contributed by atoms with Crippen LogP contribution >= 0.6 is 11.8 Å². The third kappa shape index (κ3) is 3.68. The fourth-order valence-electron chi connectivity index (χ4n) is 2.83. The van der Waals surface area contributed by atoms with Gasteiger partial charge in [0.25, 0.3) is 0 Å². The van der Waals surface area contributed by atoms with Gasteiger partial charge in [0.2, 0.25) is 0 Å². The van der Waals surface area contributed by atoms with E-state index < -0.39 is 0 Å². The van der Waals surface area contributed by atoms with Crippen LogP contribution in [0.4, 0.5) is 0 Å². The summed E-state index contributed by atoms with van der Waals surface area (Å²) in [5.74, 6) is 0.500. The monoisotopic (exact) mass is 355 g/mol. The molecule has 0 bridgehead atoms. The minimum Gasteiger partial charge on any atom is -0.293 e. The molecule has 1 heterocycles. The highest BCUT2D eigenvalue weighted by atomic mass is 32.2. The van der Waals surface area contributed by atoms with Crippen LogP contribution in [0.25, 0.3) is 22.0 Å². The van der Waals surface area contributed by atoms with Crippen molar-refractivity contribution in [3.63, 3.8) is 0 Å². The lowest BCUT2D eigenvalue weighted by atomic mass is 10.0. The van der Waals surface area contributed by atoms with Crippen molar-refractivity contribution < 1.29 is 4.79 Å². The molecule has 0 aliphatic heterocycles. The average Bonchev–Trinajstić information content (AvgIpc) is 2.72. The van der Waals surface area contributed by atoms with E-state index in [1.54, 1.807) is 0 Å². The Morgan fingerprint density at radius 3 is 2.23 bits per heavy atom. The number of hydrogen-bond acceptors (Lipinski definition) is 3. The number of ketones is 1. The number of Topliss-reactive ketones (excluding diaryl/α,β-unsaturated/α-hetero) is 1. The molecule has 26 heavy (non-hydrogen) atoms. The molecule has 0 saturated heterocycles. The maximum absolute atomic E-state index is 12.5. The predicted molar refractivity (Wildman–Crippen MR) is 109 cm³/mol. The Hall–Kier alpha value is -2.91. The van der Waals surface area contributed by atoms with Crippen molar-refractivity contribution in [3.05, 3.63) is 96.6 Å². The number of pyridine rings is 1. The Morgan fingerprint density at radius 2 is 1.42 bits per heavy atom. The summed E-state index contributed by atoms with van der Waals surface area (Å²) in [5.41, 5.74) is 3.96. The highest BCUT2D eigenvalue weighted by Crippen LogP contribution is 2.23. The molecule has 0 atom stereocenters. The SMILES string of the molecule is O=C(CSc1ccc2ccccc2n1)c1ccc(-c2ccccc2)cc1. The molecule has 0 aliphatic rings. The molecule has 0 radical (unpaired) electrons. The Morgan fingerprint density at radius 1 is 0.731 bits per heavy atom. The summed E-state index contributed by atoms with van der Waals surface area (Å²) in [6.07, 6.45) is 0. The lowest BCUT2D eigenvalue weighted by molar-refractivity contribution is 0.102. The summed E-state index contributed by atoms with van der Waals surface area (Å²) >= 11 is 1.48. The summed E-state index contributed by atoms with van der Waals surface area (Å²) in [5, 5.41) is 1.98. The third-order valence-electron chi connectivity index (χ3n) is 4.24. The number of para-hydroxylation sites is 1. The second-order valence-corrected chi connectivity index (χ2v) is 6.99. The maximum atomic E-state index is 12.5. The fourth-order valence-corrected chi connectivity index (χ4v) is 3.60. The standard InChI is InChI=1S/C23H17NOS/c25-22(16-26-23-15-14-19-8-4-5-9-21(19)24-23)20-12-10-18(11-13-20)17-6-2-1-3-7-17/h1-15H,16H2. The molecule has 126 valence electrons. The van der Waals surface area contributed by atoms with Crippen LogP contribution in [0.2, 0.25) is 0 Å². The van der Waals surface area contributed by atoms with Crippen molar-refractivity contribution in [2.24, 2.45) is 0 Å². The molecule has 1 aromatic heterocycles. The van der Waals surface area contributed by atoms with E-state index in [2.05, 4.69) is 17.1 Å². The van der Waals surface area contributed by atoms with E-state index in [1.165, 1.54) is 11.8 Å². The van der Waals surface area contributed by atoms with Crippen molar-refractivity contribution in [1.82, 2.24) is 4.98 Å². The van der Waals surface area contributed by atoms with Gasteiger partial charge < -0.3 is 0 Å². The quantitative estimate of drug-likeness (QED) is 0.331. The number of hydrogen-bond donors (Lipinski definition) is 0. The molecule has 0 N–H and O–H groups in total. The van der Waals surface area contributed by atoms with Crippen molar-refractivity contribution >= 4 is 28.4 Å². The lowest BCUT2D eigenvalue weighted by Gasteiger charge is -2.05. The van der Waals surface area contributed by atoms with Crippen molar-refractivity contribution in [2.75, 3.05) is 5.75 Å². The minimum absolute atomic E-state index is 0.115. The van der Waals surface area contributed by atoms with Gasteiger partial charge in [-0.3, -0.25) is 4.79 Å². The first-order valence-corrected chi connectivity index (χ1v) is 9.45. The number of fused-ring (bicyclic) bond motifs is 1. The highest BCUT2D eigenvalue weighted by Gasteiger charge is 2.08. The normalized spacial score (nSPS) is 10.8. The zero-order chi connectivity index (χ0) is 17.8. The first kappa shape index (κ1) is 16.6. The molecule has 0 aliphatic carbocycles. The van der Waals surface area contributed by atoms with Crippen LogP contribution in [-0.2, 0) is 0 Å². The number of thioether (sulfide) groups is 1. The van der Waals surface area contributed by atoms with Gasteiger partial charge in [-0.15, -0.1) is 0 Å². The molecular weight excluding hydrogens is 338 g/mol. The van der Waals surface area contributed by atoms with Crippen LogP contribution in [0.3, 0.4) is 0 Å². The molecule has 2 nitrogen and oxygen atoms in total. The van der Waals surface area contributed by atoms with E-state index in [0.717, 1.165) is 32.6 Å². The predicted octanol–water partition coefficient (Wildman–Crippen LogP) is 5.88. The zero-order valence-corrected chi connectivity index (χ0v) is 14.9. The van der Waals surface area contributed by atoms with Crippen LogP contribution in [0, 0.1) is 0 Å². The fraction of sp³-hybridized carbons (Fsp3) is 0.0435. The zero-order valence-electron chi connectivity index (χ0n) is 14.1. The van der Waals surface area contributed by atoms with Gasteiger partial charge in [0.05, 0.1) is 16.3 Å². The van der Waals surface area contributed by atoms with Gasteiger partial charge in [-0.25, -0.2) is 4.98 Å². The summed E-state index contributed by atoms with van der Waals surface area (Å²) in [6, 6.07) is 30.0. The molecule has 4 rings (SSSR count). The topological polar surface area (TPSA) is 30.0 Å². The van der Waals surface area contributed by atoms with E-state index in [4.69, 9.17) is 0 Å². The summed E-state index contributed by atoms with van der Waals surface area (Å²) in [7, 11) is 0. The molecule has 0 unspecified atom stereocenters. The molecule has 0 saturated carbocycles. The van der Waals surface area contributed by atoms with E-state index in [9.17, 15) is 4.79 Å². The van der Waals surface area contributed by atoms with Crippen LogP contribution in [-0.4, -0.2) is 16.5 Å². The number of rotatable bonds is 5. The number of nitrogens with zero attached hydrogens (tertiary/aromatic N) is 1. The Labute approximate surface area is 156 Å². The second-order valence-electron chi connectivity index (χ2n) is 6.00. The lowest BCUT2D eigenvalue weighted by Crippen LogP contribution is -2.02. The summed E-state index contributed by atoms with van der Waals surface area (Å²) < 4.78 is 0. The summed E-state index contributed by atoms with van der Waals surface area (Å²) in [4.78, 5) is 17.1. The number of carbonyl (C=O) groups excluding carboxylic acids is 1. The van der Waals surface area contributed by atoms with Gasteiger partial charge in [-0.2, -0.15) is 0 Å². The number of carbonyl (C=O) groups is 1. The van der Waals surface area contributed by atoms with Crippen LogP contribution in [0.15, 0.2) is 96.0 Å². The number of benzene rings is 3. The van der Waals surface area contributed by atoms with Gasteiger partial charge in [0.15, 0.2) is 5.78 Å². The van der Waals surface area contributed by atoms with Gasteiger partial charge in [-0.05, 0) is 23.3 Å². The summed E-state index contributed by atoms with van der Waals surface area (Å²) in [6.45, 7) is 0. The smallest absolute Gasteiger partial charge is 0.173 e. The van der Waals surface area contributed by atoms with Crippen molar-refractivity contribution in [1.29, 1.82) is 0 Å². The average molecular weight is 355 g/mol. The molecule has 3 aromatic carbocycles. The van der Waals surface area contributed by atoms with E-state index in [1.807, 2.05) is 78.9 Å². The Bertz CT molecular complexity index is 1040. The maximum Gasteiger partial charge on any atom is 0.173 e. The van der Waals surface area contributed by atoms with Crippen LogP contribution in [0.1, 0.15) is 10.4 Å². The molecule has 4 aromatic rings. The first-order chi connectivity index (χ1) is 12.8. The minimum atomic E-state index is 0.115. The van der Waals surface area contributed by atoms with Gasteiger partial charge >= 0.3 is 0 Å².